The number of primary amides is 1. The van der Waals surface area contributed by atoms with Gasteiger partial charge in [0, 0.05) is 24.0 Å². The third-order valence-electron chi connectivity index (χ3n) is 3.25. The van der Waals surface area contributed by atoms with Crippen molar-refractivity contribution in [3.63, 3.8) is 0 Å². The summed E-state index contributed by atoms with van der Waals surface area (Å²) >= 11 is 12.0. The van der Waals surface area contributed by atoms with Crippen molar-refractivity contribution >= 4 is 53.2 Å². The van der Waals surface area contributed by atoms with Gasteiger partial charge in [0.2, 0.25) is 0 Å². The number of nitrogens with two attached hydrogens (primary N) is 1. The van der Waals surface area contributed by atoms with Gasteiger partial charge in [0.15, 0.2) is 0 Å². The van der Waals surface area contributed by atoms with E-state index in [0.717, 1.165) is 0 Å². The number of carbonyl (C=O) groups excluding carboxylic acids is 2. The lowest BCUT2D eigenvalue weighted by atomic mass is 10.1. The molecule has 10 heteroatoms. The second kappa shape index (κ2) is 8.75. The van der Waals surface area contributed by atoms with Crippen molar-refractivity contribution in [2.45, 2.75) is 6.54 Å². The lowest BCUT2D eigenvalue weighted by molar-refractivity contribution is 0.0997. The smallest absolute Gasteiger partial charge is 0.318 e. The molecular formula is C15H16Cl3N5O2. The Morgan fingerprint density at radius 2 is 1.92 bits per heavy atom. The van der Waals surface area contributed by atoms with Crippen LogP contribution in [-0.4, -0.2) is 23.6 Å². The Hall–Kier alpha value is -2.22. The molecule has 1 aromatic carbocycles. The number of nitrogens with zero attached hydrogens (tertiary/aromatic N) is 1. The third kappa shape index (κ3) is 5.12. The second-order valence-electron chi connectivity index (χ2n) is 4.92. The number of rotatable bonds is 4. The van der Waals surface area contributed by atoms with Crippen LogP contribution in [0, 0.1) is 5.41 Å². The molecule has 0 radical (unpaired) electrons. The number of carbonyl (C=O) groups is 2. The zero-order valence-corrected chi connectivity index (χ0v) is 15.4. The summed E-state index contributed by atoms with van der Waals surface area (Å²) in [6.45, 7) is 0.166. The van der Waals surface area contributed by atoms with E-state index in [9.17, 15) is 9.59 Å². The molecule has 0 aliphatic carbocycles. The number of halogens is 3. The SMILES string of the molecule is CNC(=O)Nc1ccc(Cl)cc1Cn1cc(Cl)cc(C(N)=O)c1=N.Cl. The van der Waals surface area contributed by atoms with E-state index in [2.05, 4.69) is 10.6 Å². The van der Waals surface area contributed by atoms with Gasteiger partial charge in [-0.25, -0.2) is 4.79 Å². The van der Waals surface area contributed by atoms with Crippen LogP contribution < -0.4 is 21.9 Å². The summed E-state index contributed by atoms with van der Waals surface area (Å²) in [5, 5.41) is 14.0. The van der Waals surface area contributed by atoms with E-state index in [-0.39, 0.29) is 35.0 Å². The number of amides is 3. The number of hydrogen-bond donors (Lipinski definition) is 4. The Bertz CT molecular complexity index is 867. The fraction of sp³-hybridized carbons (Fsp3) is 0.133. The molecule has 25 heavy (non-hydrogen) atoms. The minimum atomic E-state index is -0.744. The number of pyridine rings is 1. The monoisotopic (exact) mass is 403 g/mol. The fourth-order valence-corrected chi connectivity index (χ4v) is 2.53. The molecule has 7 nitrogen and oxygen atoms in total. The number of urea groups is 1. The molecule has 3 amide bonds. The molecule has 2 rings (SSSR count). The standard InChI is InChI=1S/C15H15Cl2N5O2.ClH/c1-20-15(24)21-12-3-2-9(16)4-8(12)6-22-7-10(17)5-11(13(22)18)14(19)23;/h2-5,7,18H,6H2,1H3,(H2,19,23)(H2,20,21,24);1H. The lowest BCUT2D eigenvalue weighted by Crippen LogP contribution is -2.30. The first-order valence-corrected chi connectivity index (χ1v) is 7.59. The average Bonchev–Trinajstić information content (AvgIpc) is 2.52. The van der Waals surface area contributed by atoms with Crippen LogP contribution >= 0.6 is 35.6 Å². The van der Waals surface area contributed by atoms with E-state index in [1.165, 1.54) is 23.9 Å². The Morgan fingerprint density at radius 1 is 1.24 bits per heavy atom. The molecule has 2 aromatic rings. The molecule has 0 bridgehead atoms. The molecule has 5 N–H and O–H groups in total. The highest BCUT2D eigenvalue weighted by molar-refractivity contribution is 6.31. The number of hydrogen-bond acceptors (Lipinski definition) is 3. The molecule has 1 heterocycles. The number of benzene rings is 1. The van der Waals surface area contributed by atoms with Crippen molar-refractivity contribution < 1.29 is 9.59 Å². The van der Waals surface area contributed by atoms with E-state index >= 15 is 0 Å². The maximum atomic E-state index is 11.6. The first-order chi connectivity index (χ1) is 11.3. The van der Waals surface area contributed by atoms with E-state index in [0.29, 0.717) is 16.3 Å². The minimum Gasteiger partial charge on any atom is -0.365 e. The number of anilines is 1. The summed E-state index contributed by atoms with van der Waals surface area (Å²) in [4.78, 5) is 23.0. The van der Waals surface area contributed by atoms with Crippen molar-refractivity contribution in [2.24, 2.45) is 5.73 Å². The predicted octanol–water partition coefficient (Wildman–Crippen LogP) is 2.59. The number of aromatic nitrogens is 1. The van der Waals surface area contributed by atoms with Crippen LogP contribution in [0.2, 0.25) is 10.0 Å². The van der Waals surface area contributed by atoms with Crippen molar-refractivity contribution in [1.29, 1.82) is 5.41 Å². The molecular weight excluding hydrogens is 389 g/mol. The molecule has 0 atom stereocenters. The van der Waals surface area contributed by atoms with Gasteiger partial charge in [0.05, 0.1) is 17.1 Å². The maximum absolute atomic E-state index is 11.6. The summed E-state index contributed by atoms with van der Waals surface area (Å²) in [7, 11) is 1.50. The van der Waals surface area contributed by atoms with Crippen molar-refractivity contribution in [1.82, 2.24) is 9.88 Å². The molecule has 0 aliphatic heterocycles. The molecule has 0 unspecified atom stereocenters. The third-order valence-corrected chi connectivity index (χ3v) is 3.69. The Labute approximate surface area is 160 Å². The largest absolute Gasteiger partial charge is 0.365 e. The summed E-state index contributed by atoms with van der Waals surface area (Å²) in [6.07, 6.45) is 1.50. The van der Waals surface area contributed by atoms with Crippen molar-refractivity contribution in [2.75, 3.05) is 12.4 Å². The van der Waals surface area contributed by atoms with Gasteiger partial charge in [0.25, 0.3) is 5.91 Å². The van der Waals surface area contributed by atoms with Crippen LogP contribution in [0.3, 0.4) is 0 Å². The molecule has 134 valence electrons. The van der Waals surface area contributed by atoms with Gasteiger partial charge in [-0.05, 0) is 29.8 Å². The molecule has 0 spiro atoms. The van der Waals surface area contributed by atoms with Gasteiger partial charge in [-0.1, -0.05) is 23.2 Å². The Morgan fingerprint density at radius 3 is 2.52 bits per heavy atom. The molecule has 0 saturated carbocycles. The van der Waals surface area contributed by atoms with Crippen LogP contribution in [0.25, 0.3) is 0 Å². The van der Waals surface area contributed by atoms with Crippen LogP contribution in [0.1, 0.15) is 15.9 Å². The van der Waals surface area contributed by atoms with Gasteiger partial charge >= 0.3 is 6.03 Å². The summed E-state index contributed by atoms with van der Waals surface area (Å²) in [6, 6.07) is 5.89. The highest BCUT2D eigenvalue weighted by atomic mass is 35.5. The lowest BCUT2D eigenvalue weighted by Gasteiger charge is -2.14. The second-order valence-corrected chi connectivity index (χ2v) is 5.79. The topological polar surface area (TPSA) is 113 Å². The average molecular weight is 405 g/mol. The van der Waals surface area contributed by atoms with Crippen LogP contribution in [0.15, 0.2) is 30.5 Å². The normalized spacial score (nSPS) is 9.88. The van der Waals surface area contributed by atoms with Gasteiger partial charge in [0.1, 0.15) is 5.49 Å². The van der Waals surface area contributed by atoms with Gasteiger partial charge < -0.3 is 20.9 Å². The molecule has 0 fully saturated rings. The zero-order chi connectivity index (χ0) is 17.9. The quantitative estimate of drug-likeness (QED) is 0.627. The predicted molar refractivity (Wildman–Crippen MR) is 99.7 cm³/mol. The molecule has 1 aromatic heterocycles. The van der Waals surface area contributed by atoms with E-state index in [1.807, 2.05) is 0 Å². The first-order valence-electron chi connectivity index (χ1n) is 6.83. The Kier molecular flexibility index (Phi) is 7.29. The van der Waals surface area contributed by atoms with Crippen LogP contribution in [-0.2, 0) is 6.54 Å². The van der Waals surface area contributed by atoms with Crippen molar-refractivity contribution in [3.05, 3.63) is 57.1 Å². The van der Waals surface area contributed by atoms with E-state index in [1.54, 1.807) is 18.2 Å². The van der Waals surface area contributed by atoms with Crippen LogP contribution in [0.4, 0.5) is 10.5 Å². The first kappa shape index (κ1) is 20.8. The minimum absolute atomic E-state index is 0. The fourth-order valence-electron chi connectivity index (χ4n) is 2.11. The molecule has 0 saturated heterocycles. The van der Waals surface area contributed by atoms with Crippen LogP contribution in [0.5, 0.6) is 0 Å². The van der Waals surface area contributed by atoms with E-state index < -0.39 is 11.9 Å². The highest BCUT2D eigenvalue weighted by Gasteiger charge is 2.12. The summed E-state index contributed by atoms with van der Waals surface area (Å²) < 4.78 is 1.45. The highest BCUT2D eigenvalue weighted by Crippen LogP contribution is 2.22. The Balaban J connectivity index is 0.00000312. The summed E-state index contributed by atoms with van der Waals surface area (Å²) in [5.74, 6) is -0.744. The number of nitrogens with one attached hydrogen (secondary N) is 3. The van der Waals surface area contributed by atoms with Gasteiger partial charge in [-0.3, -0.25) is 10.2 Å². The molecule has 0 aliphatic rings. The maximum Gasteiger partial charge on any atom is 0.318 e. The zero-order valence-electron chi connectivity index (χ0n) is 13.1. The van der Waals surface area contributed by atoms with Gasteiger partial charge in [-0.15, -0.1) is 12.4 Å². The van der Waals surface area contributed by atoms with Gasteiger partial charge in [-0.2, -0.15) is 0 Å². The van der Waals surface area contributed by atoms with Crippen molar-refractivity contribution in [3.8, 4) is 0 Å². The van der Waals surface area contributed by atoms with E-state index in [4.69, 9.17) is 34.3 Å². The summed E-state index contributed by atoms with van der Waals surface area (Å²) in [5.41, 5.74) is 6.35.